The van der Waals surface area contributed by atoms with Gasteiger partial charge in [0.05, 0.1) is 16.7 Å². The van der Waals surface area contributed by atoms with E-state index in [-0.39, 0.29) is 23.1 Å². The van der Waals surface area contributed by atoms with Gasteiger partial charge in [0.15, 0.2) is 10.9 Å². The highest BCUT2D eigenvalue weighted by molar-refractivity contribution is 7.99. The lowest BCUT2D eigenvalue weighted by molar-refractivity contribution is 0.102. The van der Waals surface area contributed by atoms with Crippen LogP contribution in [0.5, 0.6) is 0 Å². The number of benzene rings is 1. The molecule has 1 fully saturated rings. The average molecular weight is 353 g/mol. The smallest absolute Gasteiger partial charge is 0.262 e. The molecule has 0 amide bonds. The summed E-state index contributed by atoms with van der Waals surface area (Å²) >= 11 is 1.35. The minimum atomic E-state index is -0.00304. The van der Waals surface area contributed by atoms with Crippen molar-refractivity contribution in [2.75, 3.05) is 5.75 Å². The van der Waals surface area contributed by atoms with Crippen molar-refractivity contribution >= 4 is 28.4 Å². The normalized spacial score (nSPS) is 14.2. The number of aryl methyl sites for hydroxylation is 2. The number of aromatic amines is 1. The highest BCUT2D eigenvalue weighted by atomic mass is 32.2. The van der Waals surface area contributed by atoms with Crippen molar-refractivity contribution in [3.8, 4) is 0 Å². The summed E-state index contributed by atoms with van der Waals surface area (Å²) in [5, 5.41) is 1.28. The minimum absolute atomic E-state index is 0.00304. The first-order valence-corrected chi connectivity index (χ1v) is 9.36. The van der Waals surface area contributed by atoms with Crippen LogP contribution in [0.1, 0.15) is 40.6 Å². The molecule has 0 atom stereocenters. The number of H-pyrrole nitrogens is 1. The maximum absolute atomic E-state index is 12.8. The fourth-order valence-electron chi connectivity index (χ4n) is 3.10. The van der Waals surface area contributed by atoms with Gasteiger partial charge >= 0.3 is 0 Å². The molecule has 1 aliphatic carbocycles. The summed E-state index contributed by atoms with van der Waals surface area (Å²) in [4.78, 5) is 33.2. The predicted octanol–water partition coefficient (Wildman–Crippen LogP) is 3.65. The van der Waals surface area contributed by atoms with E-state index in [2.05, 4.69) is 9.97 Å². The highest BCUT2D eigenvalue weighted by Crippen LogP contribution is 2.37. The highest BCUT2D eigenvalue weighted by Gasteiger charge is 2.29. The van der Waals surface area contributed by atoms with E-state index in [0.29, 0.717) is 21.6 Å². The van der Waals surface area contributed by atoms with Gasteiger partial charge in [0.2, 0.25) is 0 Å². The van der Waals surface area contributed by atoms with Crippen molar-refractivity contribution < 1.29 is 4.79 Å². The lowest BCUT2D eigenvalue weighted by atomic mass is 10.2. The third-order valence-corrected chi connectivity index (χ3v) is 5.42. The van der Waals surface area contributed by atoms with E-state index in [4.69, 9.17) is 0 Å². The Morgan fingerprint density at radius 1 is 1.32 bits per heavy atom. The molecule has 1 aliphatic rings. The van der Waals surface area contributed by atoms with Crippen LogP contribution >= 0.6 is 11.8 Å². The lowest BCUT2D eigenvalue weighted by Gasteiger charge is -2.12. The second kappa shape index (κ2) is 6.19. The Hall–Kier alpha value is -2.34. The third-order valence-electron chi connectivity index (χ3n) is 4.47. The van der Waals surface area contributed by atoms with E-state index >= 15 is 0 Å². The average Bonchev–Trinajstić information content (AvgIpc) is 3.36. The van der Waals surface area contributed by atoms with Gasteiger partial charge in [-0.3, -0.25) is 14.2 Å². The number of para-hydroxylation sites is 1. The summed E-state index contributed by atoms with van der Waals surface area (Å²) in [6.07, 6.45) is 2.00. The third kappa shape index (κ3) is 3.02. The van der Waals surface area contributed by atoms with Gasteiger partial charge in [0.1, 0.15) is 0 Å². The molecule has 6 heteroatoms. The van der Waals surface area contributed by atoms with Crippen molar-refractivity contribution in [2.24, 2.45) is 0 Å². The number of aromatic nitrogens is 3. The number of nitrogens with one attached hydrogen (secondary N) is 1. The van der Waals surface area contributed by atoms with E-state index in [1.807, 2.05) is 44.2 Å². The first-order chi connectivity index (χ1) is 12.0. The molecular weight excluding hydrogens is 334 g/mol. The van der Waals surface area contributed by atoms with Crippen LogP contribution in [0.4, 0.5) is 0 Å². The second-order valence-electron chi connectivity index (χ2n) is 6.52. The number of rotatable bonds is 5. The van der Waals surface area contributed by atoms with Crippen molar-refractivity contribution in [2.45, 2.75) is 37.9 Å². The quantitative estimate of drug-likeness (QED) is 0.432. The predicted molar refractivity (Wildman–Crippen MR) is 99.6 cm³/mol. The van der Waals surface area contributed by atoms with Crippen LogP contribution < -0.4 is 5.56 Å². The molecule has 25 heavy (non-hydrogen) atoms. The number of hydrogen-bond acceptors (Lipinski definition) is 4. The van der Waals surface area contributed by atoms with Gasteiger partial charge in [-0.15, -0.1) is 0 Å². The van der Waals surface area contributed by atoms with E-state index in [1.165, 1.54) is 11.8 Å². The zero-order valence-corrected chi connectivity index (χ0v) is 15.0. The summed E-state index contributed by atoms with van der Waals surface area (Å²) in [6.45, 7) is 3.84. The van der Waals surface area contributed by atoms with Crippen LogP contribution in [0.15, 0.2) is 40.3 Å². The van der Waals surface area contributed by atoms with Gasteiger partial charge in [-0.2, -0.15) is 0 Å². The van der Waals surface area contributed by atoms with Crippen LogP contribution in [0.2, 0.25) is 0 Å². The van der Waals surface area contributed by atoms with E-state index < -0.39 is 0 Å². The molecule has 2 heterocycles. The van der Waals surface area contributed by atoms with Gasteiger partial charge in [-0.05, 0) is 44.9 Å². The van der Waals surface area contributed by atoms with Crippen LogP contribution in [0, 0.1) is 13.8 Å². The minimum Gasteiger partial charge on any atom is -0.362 e. The second-order valence-corrected chi connectivity index (χ2v) is 7.46. The van der Waals surface area contributed by atoms with Crippen LogP contribution in [0.25, 0.3) is 10.9 Å². The number of ketones is 1. The Bertz CT molecular complexity index is 1030. The summed E-state index contributed by atoms with van der Waals surface area (Å²) in [5.41, 5.74) is 3.26. The van der Waals surface area contributed by atoms with Crippen LogP contribution in [0.3, 0.4) is 0 Å². The first-order valence-electron chi connectivity index (χ1n) is 8.38. The molecule has 1 aromatic carbocycles. The zero-order chi connectivity index (χ0) is 17.6. The molecule has 3 aromatic rings. The monoisotopic (exact) mass is 353 g/mol. The van der Waals surface area contributed by atoms with Gasteiger partial charge in [0.25, 0.3) is 5.56 Å². The number of hydrogen-bond donors (Lipinski definition) is 1. The van der Waals surface area contributed by atoms with E-state index in [0.717, 1.165) is 24.2 Å². The number of Topliss-reactive ketones (excluding diaryl/α,β-unsaturated/α-hetero) is 1. The topological polar surface area (TPSA) is 67.8 Å². The van der Waals surface area contributed by atoms with Gasteiger partial charge in [-0.1, -0.05) is 23.9 Å². The number of carbonyl (C=O) groups is 1. The Labute approximate surface area is 149 Å². The number of thioether (sulfide) groups is 1. The Morgan fingerprint density at radius 3 is 2.76 bits per heavy atom. The lowest BCUT2D eigenvalue weighted by Crippen LogP contribution is -2.22. The summed E-state index contributed by atoms with van der Waals surface area (Å²) < 4.78 is 1.77. The largest absolute Gasteiger partial charge is 0.362 e. The maximum Gasteiger partial charge on any atom is 0.262 e. The SMILES string of the molecule is Cc1cc(C(=O)CSc2nc3ccccc3c(=O)n2C2CC2)c(C)[nH]1. The van der Waals surface area contributed by atoms with Crippen LogP contribution in [-0.4, -0.2) is 26.1 Å². The number of carbonyl (C=O) groups excluding carboxylic acids is 1. The molecule has 5 nitrogen and oxygen atoms in total. The number of fused-ring (bicyclic) bond motifs is 1. The van der Waals surface area contributed by atoms with Gasteiger partial charge in [0, 0.05) is 23.0 Å². The fourth-order valence-corrected chi connectivity index (χ4v) is 4.05. The van der Waals surface area contributed by atoms with Crippen molar-refractivity contribution in [1.82, 2.24) is 14.5 Å². The molecule has 4 rings (SSSR count). The Morgan fingerprint density at radius 2 is 2.08 bits per heavy atom. The molecule has 0 bridgehead atoms. The zero-order valence-electron chi connectivity index (χ0n) is 14.2. The van der Waals surface area contributed by atoms with Gasteiger partial charge < -0.3 is 4.98 Å². The molecule has 1 saturated carbocycles. The van der Waals surface area contributed by atoms with Crippen molar-refractivity contribution in [1.29, 1.82) is 0 Å². The molecule has 1 N–H and O–H groups in total. The molecule has 0 radical (unpaired) electrons. The first kappa shape index (κ1) is 16.1. The molecule has 2 aromatic heterocycles. The molecule has 0 unspecified atom stereocenters. The summed E-state index contributed by atoms with van der Waals surface area (Å²) in [6, 6.07) is 9.49. The molecule has 128 valence electrons. The van der Waals surface area contributed by atoms with E-state index in [9.17, 15) is 9.59 Å². The van der Waals surface area contributed by atoms with Crippen molar-refractivity contribution in [3.63, 3.8) is 0 Å². The Kier molecular flexibility index (Phi) is 4.00. The molecule has 0 spiro atoms. The molecule has 0 aliphatic heterocycles. The van der Waals surface area contributed by atoms with E-state index in [1.54, 1.807) is 4.57 Å². The standard InChI is InChI=1S/C19H19N3O2S/c1-11-9-15(12(2)20-11)17(23)10-25-19-21-16-6-4-3-5-14(16)18(24)22(19)13-7-8-13/h3-6,9,13,20H,7-8,10H2,1-2H3. The number of nitrogens with zero attached hydrogens (tertiary/aromatic N) is 2. The molecule has 0 saturated heterocycles. The maximum atomic E-state index is 12.8. The van der Waals surface area contributed by atoms with Crippen LogP contribution in [-0.2, 0) is 0 Å². The summed E-state index contributed by atoms with van der Waals surface area (Å²) in [7, 11) is 0. The van der Waals surface area contributed by atoms with Crippen molar-refractivity contribution in [3.05, 3.63) is 57.6 Å². The van der Waals surface area contributed by atoms with Gasteiger partial charge in [-0.25, -0.2) is 4.98 Å². The summed E-state index contributed by atoms with van der Waals surface area (Å²) in [5.74, 6) is 0.326. The fraction of sp³-hybridized carbons (Fsp3) is 0.316. The molecular formula is C19H19N3O2S. The Balaban J connectivity index is 1.67.